The van der Waals surface area contributed by atoms with Gasteiger partial charge in [0.1, 0.15) is 11.5 Å². The average molecular weight is 454 g/mol. The molecule has 33 heavy (non-hydrogen) atoms. The fourth-order valence-electron chi connectivity index (χ4n) is 4.30. The van der Waals surface area contributed by atoms with E-state index >= 15 is 0 Å². The second kappa shape index (κ2) is 10.0. The van der Waals surface area contributed by atoms with E-state index in [-0.39, 0.29) is 23.6 Å². The highest BCUT2D eigenvalue weighted by Crippen LogP contribution is 2.40. The highest BCUT2D eigenvalue weighted by Gasteiger charge is 2.46. The number of likely N-dealkylation sites (tertiary alicyclic amines) is 1. The SMILES string of the molecule is CCOC(=O)c1[nH]c(C)c(C(O)=C2C(=O)C(=O)N(CCCN(C)C)C2c2ccccc2)c1C. The molecule has 1 aliphatic heterocycles. The van der Waals surface area contributed by atoms with Crippen molar-refractivity contribution in [2.45, 2.75) is 33.2 Å². The largest absolute Gasteiger partial charge is 0.507 e. The number of esters is 1. The van der Waals surface area contributed by atoms with Crippen molar-refractivity contribution >= 4 is 23.4 Å². The molecule has 1 aromatic carbocycles. The van der Waals surface area contributed by atoms with Crippen LogP contribution >= 0.6 is 0 Å². The van der Waals surface area contributed by atoms with Gasteiger partial charge in [-0.3, -0.25) is 9.59 Å². The van der Waals surface area contributed by atoms with Crippen LogP contribution in [0.1, 0.15) is 52.3 Å². The third-order valence-corrected chi connectivity index (χ3v) is 5.81. The Bertz CT molecular complexity index is 1080. The van der Waals surface area contributed by atoms with Crippen LogP contribution in [0.25, 0.3) is 5.76 Å². The van der Waals surface area contributed by atoms with Crippen LogP contribution in [0, 0.1) is 13.8 Å². The van der Waals surface area contributed by atoms with Crippen LogP contribution in [-0.2, 0) is 14.3 Å². The first-order chi connectivity index (χ1) is 15.7. The van der Waals surface area contributed by atoms with Crippen molar-refractivity contribution in [1.29, 1.82) is 0 Å². The number of rotatable bonds is 8. The lowest BCUT2D eigenvalue weighted by atomic mass is 9.94. The smallest absolute Gasteiger partial charge is 0.355 e. The van der Waals surface area contributed by atoms with E-state index < -0.39 is 23.7 Å². The minimum atomic E-state index is -0.733. The van der Waals surface area contributed by atoms with Gasteiger partial charge in [-0.25, -0.2) is 4.79 Å². The Hall–Kier alpha value is -3.39. The quantitative estimate of drug-likeness (QED) is 0.275. The third kappa shape index (κ3) is 4.71. The lowest BCUT2D eigenvalue weighted by molar-refractivity contribution is -0.139. The van der Waals surface area contributed by atoms with E-state index in [2.05, 4.69) is 4.98 Å². The van der Waals surface area contributed by atoms with E-state index in [1.165, 1.54) is 4.90 Å². The summed E-state index contributed by atoms with van der Waals surface area (Å²) >= 11 is 0. The van der Waals surface area contributed by atoms with E-state index in [1.54, 1.807) is 20.8 Å². The van der Waals surface area contributed by atoms with Crippen LogP contribution in [0.3, 0.4) is 0 Å². The molecule has 0 spiro atoms. The Kier molecular flexibility index (Phi) is 7.38. The van der Waals surface area contributed by atoms with E-state index in [0.717, 1.165) is 12.1 Å². The summed E-state index contributed by atoms with van der Waals surface area (Å²) in [4.78, 5) is 45.0. The van der Waals surface area contributed by atoms with Crippen LogP contribution in [0.4, 0.5) is 0 Å². The maximum atomic E-state index is 13.2. The number of ketones is 1. The molecule has 0 bridgehead atoms. The summed E-state index contributed by atoms with van der Waals surface area (Å²) in [5.41, 5.74) is 2.29. The minimum absolute atomic E-state index is 0.0247. The van der Waals surface area contributed by atoms with Gasteiger partial charge in [-0.05, 0) is 59.0 Å². The fourth-order valence-corrected chi connectivity index (χ4v) is 4.30. The molecular formula is C25H31N3O5. The van der Waals surface area contributed by atoms with Gasteiger partial charge in [-0.1, -0.05) is 30.3 Å². The number of H-pyrrole nitrogens is 1. The number of hydrogen-bond donors (Lipinski definition) is 2. The molecule has 0 saturated carbocycles. The number of aromatic nitrogens is 1. The van der Waals surface area contributed by atoms with Gasteiger partial charge >= 0.3 is 5.97 Å². The number of carbonyl (C=O) groups excluding carboxylic acids is 3. The van der Waals surface area contributed by atoms with Crippen molar-refractivity contribution in [2.24, 2.45) is 0 Å². The van der Waals surface area contributed by atoms with Crippen LogP contribution in [-0.4, -0.2) is 71.3 Å². The predicted octanol–water partition coefficient (Wildman–Crippen LogP) is 3.18. The molecule has 2 N–H and O–H groups in total. The second-order valence-electron chi connectivity index (χ2n) is 8.41. The normalized spacial score (nSPS) is 17.8. The number of nitrogens with zero attached hydrogens (tertiary/aromatic N) is 2. The number of amides is 1. The van der Waals surface area contributed by atoms with Gasteiger partial charge in [0, 0.05) is 17.8 Å². The van der Waals surface area contributed by atoms with Gasteiger partial charge < -0.3 is 24.6 Å². The standard InChI is InChI=1S/C25H31N3O5/c1-6-33-25(32)20-15(2)18(16(3)26-20)22(29)19-21(17-11-8-7-9-12-17)28(24(31)23(19)30)14-10-13-27(4)5/h7-9,11-12,21,26,29H,6,10,13-14H2,1-5H3. The highest BCUT2D eigenvalue weighted by molar-refractivity contribution is 6.46. The molecule has 3 rings (SSSR count). The molecule has 2 heterocycles. The van der Waals surface area contributed by atoms with Gasteiger partial charge in [-0.15, -0.1) is 0 Å². The molecule has 1 amide bonds. The van der Waals surface area contributed by atoms with Crippen molar-refractivity contribution in [3.63, 3.8) is 0 Å². The van der Waals surface area contributed by atoms with E-state index in [1.807, 2.05) is 49.3 Å². The zero-order chi connectivity index (χ0) is 24.3. The molecule has 1 aliphatic rings. The van der Waals surface area contributed by atoms with Gasteiger partial charge in [0.15, 0.2) is 0 Å². The zero-order valence-electron chi connectivity index (χ0n) is 19.8. The van der Waals surface area contributed by atoms with E-state index in [0.29, 0.717) is 29.8 Å². The molecule has 1 aromatic heterocycles. The summed E-state index contributed by atoms with van der Waals surface area (Å²) in [7, 11) is 3.89. The maximum absolute atomic E-state index is 13.2. The molecule has 1 saturated heterocycles. The van der Waals surface area contributed by atoms with Crippen molar-refractivity contribution in [1.82, 2.24) is 14.8 Å². The van der Waals surface area contributed by atoms with Crippen LogP contribution in [0.15, 0.2) is 35.9 Å². The Morgan fingerprint density at radius 2 is 1.85 bits per heavy atom. The Balaban J connectivity index is 2.13. The lowest BCUT2D eigenvalue weighted by Gasteiger charge is -2.26. The summed E-state index contributed by atoms with van der Waals surface area (Å²) in [5.74, 6) is -2.20. The van der Waals surface area contributed by atoms with Crippen molar-refractivity contribution in [3.8, 4) is 0 Å². The van der Waals surface area contributed by atoms with E-state index in [9.17, 15) is 19.5 Å². The molecule has 176 valence electrons. The molecule has 1 fully saturated rings. The fraction of sp³-hybridized carbons (Fsp3) is 0.400. The number of aryl methyl sites for hydroxylation is 1. The van der Waals surface area contributed by atoms with Crippen molar-refractivity contribution in [2.75, 3.05) is 33.8 Å². The monoisotopic (exact) mass is 453 g/mol. The summed E-state index contributed by atoms with van der Waals surface area (Å²) in [5, 5.41) is 11.4. The van der Waals surface area contributed by atoms with Crippen LogP contribution in [0.5, 0.6) is 0 Å². The summed E-state index contributed by atoms with van der Waals surface area (Å²) < 4.78 is 5.09. The molecule has 8 heteroatoms. The van der Waals surface area contributed by atoms with Gasteiger partial charge in [0.2, 0.25) is 0 Å². The van der Waals surface area contributed by atoms with Gasteiger partial charge in [0.05, 0.1) is 18.2 Å². The molecule has 8 nitrogen and oxygen atoms in total. The number of hydrogen-bond acceptors (Lipinski definition) is 6. The lowest BCUT2D eigenvalue weighted by Crippen LogP contribution is -2.32. The highest BCUT2D eigenvalue weighted by atomic mass is 16.5. The van der Waals surface area contributed by atoms with Crippen molar-refractivity contribution in [3.05, 3.63) is 64.0 Å². The zero-order valence-corrected chi connectivity index (χ0v) is 19.8. The predicted molar refractivity (Wildman–Crippen MR) is 125 cm³/mol. The number of Topliss-reactive ketones (excluding diaryl/α,β-unsaturated/α-hetero) is 1. The first-order valence-corrected chi connectivity index (χ1v) is 11.0. The molecule has 0 radical (unpaired) electrons. The van der Waals surface area contributed by atoms with Crippen LogP contribution in [0.2, 0.25) is 0 Å². The summed E-state index contributed by atoms with van der Waals surface area (Å²) in [6.45, 7) is 6.43. The third-order valence-electron chi connectivity index (χ3n) is 5.81. The van der Waals surface area contributed by atoms with Crippen LogP contribution < -0.4 is 0 Å². The number of aromatic amines is 1. The summed E-state index contributed by atoms with van der Waals surface area (Å²) in [6.07, 6.45) is 0.679. The number of aliphatic hydroxyl groups is 1. The summed E-state index contributed by atoms with van der Waals surface area (Å²) in [6, 6.07) is 8.48. The Morgan fingerprint density at radius 1 is 1.18 bits per heavy atom. The topological polar surface area (TPSA) is 103 Å². The van der Waals surface area contributed by atoms with Crippen molar-refractivity contribution < 1.29 is 24.2 Å². The van der Waals surface area contributed by atoms with Gasteiger partial charge in [0.25, 0.3) is 11.7 Å². The molecule has 1 atom stereocenters. The average Bonchev–Trinajstić information content (AvgIpc) is 3.21. The van der Waals surface area contributed by atoms with E-state index in [4.69, 9.17) is 4.74 Å². The number of aliphatic hydroxyl groups excluding tert-OH is 1. The first kappa shape index (κ1) is 24.3. The second-order valence-corrected chi connectivity index (χ2v) is 8.41. The van der Waals surface area contributed by atoms with Gasteiger partial charge in [-0.2, -0.15) is 0 Å². The molecular weight excluding hydrogens is 422 g/mol. The Labute approximate surface area is 193 Å². The first-order valence-electron chi connectivity index (χ1n) is 11.0. The number of nitrogens with one attached hydrogen (secondary N) is 1. The maximum Gasteiger partial charge on any atom is 0.355 e. The number of ether oxygens (including phenoxy) is 1. The number of carbonyl (C=O) groups is 3. The Morgan fingerprint density at radius 3 is 2.45 bits per heavy atom. The minimum Gasteiger partial charge on any atom is -0.507 e. The number of benzene rings is 1. The molecule has 2 aromatic rings. The molecule has 1 unspecified atom stereocenters. The molecule has 0 aliphatic carbocycles.